The molecule has 2 heterocycles. The molecule has 0 aromatic carbocycles. The van der Waals surface area contributed by atoms with Crippen LogP contribution in [0.15, 0.2) is 12.3 Å². The summed E-state index contributed by atoms with van der Waals surface area (Å²) in [4.78, 5) is 21.1. The number of anilines is 2. The Hall–Kier alpha value is -1.17. The van der Waals surface area contributed by atoms with E-state index in [0.717, 1.165) is 0 Å². The summed E-state index contributed by atoms with van der Waals surface area (Å²) in [6.45, 7) is 0.634. The van der Waals surface area contributed by atoms with Crippen LogP contribution in [0.1, 0.15) is 6.42 Å². The van der Waals surface area contributed by atoms with Gasteiger partial charge in [-0.2, -0.15) is 4.98 Å². The molecular formula is C8H9BrN4O. The number of hydrogen-bond donors (Lipinski definition) is 1. The first-order chi connectivity index (χ1) is 6.66. The molecule has 1 aliphatic rings. The van der Waals surface area contributed by atoms with Crippen LogP contribution in [0.3, 0.4) is 0 Å². The number of carbonyl (C=O) groups is 1. The average Bonchev–Trinajstić information content (AvgIpc) is 2.45. The number of carbonyl (C=O) groups excluding carboxylic acids is 1. The van der Waals surface area contributed by atoms with E-state index in [4.69, 9.17) is 5.73 Å². The van der Waals surface area contributed by atoms with Gasteiger partial charge in [-0.25, -0.2) is 4.98 Å². The number of rotatable bonds is 1. The lowest BCUT2D eigenvalue weighted by Gasteiger charge is -2.14. The van der Waals surface area contributed by atoms with Crippen molar-refractivity contribution in [3.05, 3.63) is 12.3 Å². The summed E-state index contributed by atoms with van der Waals surface area (Å²) < 4.78 is 0. The first kappa shape index (κ1) is 9.39. The third-order valence-electron chi connectivity index (χ3n) is 2.01. The summed E-state index contributed by atoms with van der Waals surface area (Å²) in [7, 11) is 0. The predicted octanol–water partition coefficient (Wildman–Crippen LogP) is 0.559. The smallest absolute Gasteiger partial charge is 0.229 e. The van der Waals surface area contributed by atoms with Gasteiger partial charge in [0.15, 0.2) is 0 Å². The fraction of sp³-hybridized carbons (Fsp3) is 0.375. The number of nitrogen functional groups attached to an aromatic ring is 1. The molecule has 14 heavy (non-hydrogen) atoms. The van der Waals surface area contributed by atoms with Gasteiger partial charge in [0.2, 0.25) is 11.9 Å². The Morgan fingerprint density at radius 3 is 3.00 bits per heavy atom. The molecule has 1 aromatic rings. The Bertz CT molecular complexity index is 370. The number of halogens is 1. The lowest BCUT2D eigenvalue weighted by molar-refractivity contribution is -0.117. The highest BCUT2D eigenvalue weighted by atomic mass is 79.9. The largest absolute Gasteiger partial charge is 0.368 e. The monoisotopic (exact) mass is 256 g/mol. The van der Waals surface area contributed by atoms with Crippen molar-refractivity contribution >= 4 is 33.6 Å². The quantitative estimate of drug-likeness (QED) is 0.746. The minimum atomic E-state index is 0.0602. The summed E-state index contributed by atoms with van der Waals surface area (Å²) in [6.07, 6.45) is 2.05. The van der Waals surface area contributed by atoms with Crippen LogP contribution in [0.25, 0.3) is 0 Å². The minimum Gasteiger partial charge on any atom is -0.368 e. The molecule has 0 bridgehead atoms. The molecule has 1 aliphatic heterocycles. The molecule has 2 rings (SSSR count). The van der Waals surface area contributed by atoms with Gasteiger partial charge in [0.25, 0.3) is 0 Å². The van der Waals surface area contributed by atoms with Gasteiger partial charge in [-0.1, -0.05) is 15.9 Å². The van der Waals surface area contributed by atoms with Crippen LogP contribution in [0.2, 0.25) is 0 Å². The molecule has 0 radical (unpaired) electrons. The maximum absolute atomic E-state index is 11.5. The summed E-state index contributed by atoms with van der Waals surface area (Å²) in [5.74, 6) is 0.822. The van der Waals surface area contributed by atoms with Gasteiger partial charge in [0.05, 0.1) is 0 Å². The third kappa shape index (κ3) is 1.70. The van der Waals surface area contributed by atoms with E-state index < -0.39 is 0 Å². The maximum Gasteiger partial charge on any atom is 0.229 e. The fourth-order valence-corrected chi connectivity index (χ4v) is 1.97. The summed E-state index contributed by atoms with van der Waals surface area (Å²) in [5.41, 5.74) is 5.43. The summed E-state index contributed by atoms with van der Waals surface area (Å²) in [6, 6.07) is 1.68. The summed E-state index contributed by atoms with van der Waals surface area (Å²) >= 11 is 3.40. The first-order valence-electron chi connectivity index (χ1n) is 4.20. The minimum absolute atomic E-state index is 0.0602. The zero-order chi connectivity index (χ0) is 10.1. The van der Waals surface area contributed by atoms with Crippen LogP contribution in [-0.4, -0.2) is 27.2 Å². The van der Waals surface area contributed by atoms with Gasteiger partial charge in [-0.3, -0.25) is 9.69 Å². The van der Waals surface area contributed by atoms with Gasteiger partial charge in [0.1, 0.15) is 5.82 Å². The van der Waals surface area contributed by atoms with Gasteiger partial charge < -0.3 is 5.73 Å². The molecule has 1 unspecified atom stereocenters. The normalized spacial score (nSPS) is 21.6. The number of amides is 1. The SMILES string of the molecule is Nc1nccc(N2CC(Br)CC2=O)n1. The Morgan fingerprint density at radius 1 is 1.64 bits per heavy atom. The molecule has 0 spiro atoms. The number of nitrogens with zero attached hydrogens (tertiary/aromatic N) is 3. The Labute approximate surface area is 89.5 Å². The number of aromatic nitrogens is 2. The molecule has 74 valence electrons. The molecule has 0 aliphatic carbocycles. The summed E-state index contributed by atoms with van der Waals surface area (Å²) in [5, 5.41) is 0. The maximum atomic E-state index is 11.5. The number of nitrogens with two attached hydrogens (primary N) is 1. The molecule has 2 N–H and O–H groups in total. The highest BCUT2D eigenvalue weighted by Gasteiger charge is 2.29. The van der Waals surface area contributed by atoms with E-state index in [0.29, 0.717) is 18.8 Å². The van der Waals surface area contributed by atoms with E-state index in [-0.39, 0.29) is 16.7 Å². The van der Waals surface area contributed by atoms with Crippen molar-refractivity contribution in [1.29, 1.82) is 0 Å². The van der Waals surface area contributed by atoms with Crippen LogP contribution < -0.4 is 10.6 Å². The van der Waals surface area contributed by atoms with Crippen molar-refractivity contribution in [1.82, 2.24) is 9.97 Å². The van der Waals surface area contributed by atoms with E-state index >= 15 is 0 Å². The molecule has 5 nitrogen and oxygen atoms in total. The third-order valence-corrected chi connectivity index (χ3v) is 2.63. The second-order valence-corrected chi connectivity index (χ2v) is 4.37. The number of alkyl halides is 1. The standard InChI is InChI=1S/C8H9BrN4O/c9-5-3-7(14)13(4-5)6-1-2-11-8(10)12-6/h1-2,5H,3-4H2,(H2,10,11,12). The predicted molar refractivity (Wildman–Crippen MR) is 56.1 cm³/mol. The molecule has 6 heteroatoms. The van der Waals surface area contributed by atoms with Gasteiger partial charge in [0, 0.05) is 24.0 Å². The van der Waals surface area contributed by atoms with Crippen molar-refractivity contribution in [3.63, 3.8) is 0 Å². The molecule has 1 amide bonds. The van der Waals surface area contributed by atoms with Crippen LogP contribution in [0.5, 0.6) is 0 Å². The van der Waals surface area contributed by atoms with E-state index in [1.165, 1.54) is 0 Å². The van der Waals surface area contributed by atoms with Gasteiger partial charge in [-0.05, 0) is 6.07 Å². The zero-order valence-electron chi connectivity index (χ0n) is 7.35. The van der Waals surface area contributed by atoms with Crippen LogP contribution in [-0.2, 0) is 4.79 Å². The van der Waals surface area contributed by atoms with E-state index in [9.17, 15) is 4.79 Å². The Balaban J connectivity index is 2.27. The highest BCUT2D eigenvalue weighted by molar-refractivity contribution is 9.09. The van der Waals surface area contributed by atoms with Crippen molar-refractivity contribution < 1.29 is 4.79 Å². The molecule has 1 aromatic heterocycles. The molecule has 0 saturated carbocycles. The average molecular weight is 257 g/mol. The lowest BCUT2D eigenvalue weighted by atomic mass is 10.4. The van der Waals surface area contributed by atoms with Crippen molar-refractivity contribution in [2.24, 2.45) is 0 Å². The Kier molecular flexibility index (Phi) is 2.37. The molecular weight excluding hydrogens is 248 g/mol. The molecule has 1 fully saturated rings. The first-order valence-corrected chi connectivity index (χ1v) is 5.11. The van der Waals surface area contributed by atoms with E-state index in [2.05, 4.69) is 25.9 Å². The highest BCUT2D eigenvalue weighted by Crippen LogP contribution is 2.23. The van der Waals surface area contributed by atoms with Crippen LogP contribution in [0.4, 0.5) is 11.8 Å². The Morgan fingerprint density at radius 2 is 2.43 bits per heavy atom. The van der Waals surface area contributed by atoms with Crippen LogP contribution in [0, 0.1) is 0 Å². The topological polar surface area (TPSA) is 72.1 Å². The second-order valence-electron chi connectivity index (χ2n) is 3.08. The van der Waals surface area contributed by atoms with E-state index in [1.807, 2.05) is 0 Å². The van der Waals surface area contributed by atoms with Gasteiger partial charge >= 0.3 is 0 Å². The van der Waals surface area contributed by atoms with E-state index in [1.54, 1.807) is 17.2 Å². The molecule has 1 saturated heterocycles. The van der Waals surface area contributed by atoms with Crippen molar-refractivity contribution in [2.75, 3.05) is 17.2 Å². The number of hydrogen-bond acceptors (Lipinski definition) is 4. The fourth-order valence-electron chi connectivity index (χ4n) is 1.40. The molecule has 1 atom stereocenters. The van der Waals surface area contributed by atoms with Crippen LogP contribution >= 0.6 is 15.9 Å². The van der Waals surface area contributed by atoms with Crippen molar-refractivity contribution in [2.45, 2.75) is 11.2 Å². The zero-order valence-corrected chi connectivity index (χ0v) is 8.94. The lowest BCUT2D eigenvalue weighted by Crippen LogP contribution is -2.25. The van der Waals surface area contributed by atoms with Gasteiger partial charge in [-0.15, -0.1) is 0 Å². The second kappa shape index (κ2) is 3.53. The van der Waals surface area contributed by atoms with Crippen molar-refractivity contribution in [3.8, 4) is 0 Å².